The molecule has 0 saturated heterocycles. The first kappa shape index (κ1) is 19.7. The van der Waals surface area contributed by atoms with E-state index in [0.717, 1.165) is 31.4 Å². The second-order valence-corrected chi connectivity index (χ2v) is 6.63. The molecule has 2 rings (SSSR count). The summed E-state index contributed by atoms with van der Waals surface area (Å²) in [7, 11) is 0. The summed E-state index contributed by atoms with van der Waals surface area (Å²) in [5, 5.41) is 5.88. The maximum atomic E-state index is 12.3. The van der Waals surface area contributed by atoms with Crippen molar-refractivity contribution in [3.05, 3.63) is 65.7 Å². The van der Waals surface area contributed by atoms with Gasteiger partial charge in [0.25, 0.3) is 5.91 Å². The van der Waals surface area contributed by atoms with E-state index in [-0.39, 0.29) is 17.9 Å². The van der Waals surface area contributed by atoms with Gasteiger partial charge in [0.15, 0.2) is 0 Å². The van der Waals surface area contributed by atoms with Crippen molar-refractivity contribution in [3.63, 3.8) is 0 Å². The molecule has 0 aromatic heterocycles. The van der Waals surface area contributed by atoms with E-state index in [1.165, 1.54) is 5.56 Å². The summed E-state index contributed by atoms with van der Waals surface area (Å²) >= 11 is 0. The van der Waals surface area contributed by atoms with Gasteiger partial charge in [-0.3, -0.25) is 9.59 Å². The van der Waals surface area contributed by atoms with Gasteiger partial charge in [-0.1, -0.05) is 43.7 Å². The zero-order valence-corrected chi connectivity index (χ0v) is 15.6. The molecule has 0 heterocycles. The van der Waals surface area contributed by atoms with Crippen molar-refractivity contribution in [2.75, 3.05) is 5.32 Å². The smallest absolute Gasteiger partial charge is 0.251 e. The molecule has 4 heteroatoms. The van der Waals surface area contributed by atoms with Crippen LogP contribution in [0, 0.1) is 0 Å². The summed E-state index contributed by atoms with van der Waals surface area (Å²) < 4.78 is 0. The van der Waals surface area contributed by atoms with E-state index >= 15 is 0 Å². The van der Waals surface area contributed by atoms with Crippen molar-refractivity contribution in [2.24, 2.45) is 0 Å². The first-order valence-electron chi connectivity index (χ1n) is 9.33. The van der Waals surface area contributed by atoms with E-state index in [9.17, 15) is 9.59 Å². The Labute approximate surface area is 156 Å². The van der Waals surface area contributed by atoms with Gasteiger partial charge in [0.1, 0.15) is 0 Å². The fraction of sp³-hybridized carbons (Fsp3) is 0.364. The van der Waals surface area contributed by atoms with Crippen LogP contribution < -0.4 is 10.6 Å². The van der Waals surface area contributed by atoms with Crippen LogP contribution in [-0.4, -0.2) is 17.9 Å². The highest BCUT2D eigenvalue weighted by atomic mass is 16.2. The number of benzene rings is 2. The molecule has 1 unspecified atom stereocenters. The predicted molar refractivity (Wildman–Crippen MR) is 106 cm³/mol. The molecule has 2 N–H and O–H groups in total. The van der Waals surface area contributed by atoms with Crippen LogP contribution in [-0.2, 0) is 11.2 Å². The van der Waals surface area contributed by atoms with Gasteiger partial charge in [0.05, 0.1) is 0 Å². The third-order valence-corrected chi connectivity index (χ3v) is 4.27. The van der Waals surface area contributed by atoms with E-state index in [2.05, 4.69) is 29.7 Å². The summed E-state index contributed by atoms with van der Waals surface area (Å²) in [5.41, 5.74) is 2.60. The number of rotatable bonds is 9. The monoisotopic (exact) mass is 352 g/mol. The number of amides is 2. The van der Waals surface area contributed by atoms with Crippen LogP contribution in [0.15, 0.2) is 54.6 Å². The topological polar surface area (TPSA) is 58.2 Å². The minimum Gasteiger partial charge on any atom is -0.350 e. The molecule has 0 aliphatic rings. The number of carbonyl (C=O) groups excluding carboxylic acids is 2. The Hall–Kier alpha value is -2.62. The van der Waals surface area contributed by atoms with E-state index in [1.54, 1.807) is 24.3 Å². The Morgan fingerprint density at radius 1 is 1.00 bits per heavy atom. The van der Waals surface area contributed by atoms with Gasteiger partial charge in [-0.2, -0.15) is 0 Å². The number of anilines is 1. The highest BCUT2D eigenvalue weighted by molar-refractivity contribution is 5.95. The summed E-state index contributed by atoms with van der Waals surface area (Å²) in [5.74, 6) is -0.0759. The molecule has 138 valence electrons. The molecule has 2 aromatic rings. The lowest BCUT2D eigenvalue weighted by Crippen LogP contribution is -2.32. The summed E-state index contributed by atoms with van der Waals surface area (Å²) in [4.78, 5) is 24.1. The first-order chi connectivity index (χ1) is 12.6. The van der Waals surface area contributed by atoms with Crippen LogP contribution in [0.2, 0.25) is 0 Å². The summed E-state index contributed by atoms with van der Waals surface area (Å²) in [6, 6.07) is 17.4. The zero-order chi connectivity index (χ0) is 18.8. The standard InChI is InChI=1S/C22H28N2O2/c1-3-4-10-21(25)24-20-15-13-19(14-16-20)22(26)23-17(2)11-12-18-8-6-5-7-9-18/h5-9,13-17H,3-4,10-12H2,1-2H3,(H,23,26)(H,24,25). The largest absolute Gasteiger partial charge is 0.350 e. The van der Waals surface area contributed by atoms with Crippen LogP contribution in [0.1, 0.15) is 55.5 Å². The average Bonchev–Trinajstić information content (AvgIpc) is 2.66. The van der Waals surface area contributed by atoms with Gasteiger partial charge >= 0.3 is 0 Å². The fourth-order valence-corrected chi connectivity index (χ4v) is 2.67. The molecule has 4 nitrogen and oxygen atoms in total. The third kappa shape index (κ3) is 6.71. The molecule has 0 radical (unpaired) electrons. The van der Waals surface area contributed by atoms with Crippen molar-refractivity contribution in [1.29, 1.82) is 0 Å². The van der Waals surface area contributed by atoms with E-state index < -0.39 is 0 Å². The zero-order valence-electron chi connectivity index (χ0n) is 15.6. The Balaban J connectivity index is 1.80. The van der Waals surface area contributed by atoms with Gasteiger partial charge in [-0.15, -0.1) is 0 Å². The third-order valence-electron chi connectivity index (χ3n) is 4.27. The molecule has 1 atom stereocenters. The van der Waals surface area contributed by atoms with Crippen molar-refractivity contribution in [2.45, 2.75) is 52.0 Å². The molecule has 0 aliphatic carbocycles. The fourth-order valence-electron chi connectivity index (χ4n) is 2.67. The number of hydrogen-bond acceptors (Lipinski definition) is 2. The molecular weight excluding hydrogens is 324 g/mol. The van der Waals surface area contributed by atoms with Crippen LogP contribution in [0.4, 0.5) is 5.69 Å². The van der Waals surface area contributed by atoms with Gasteiger partial charge in [0, 0.05) is 23.7 Å². The van der Waals surface area contributed by atoms with E-state index in [1.807, 2.05) is 25.1 Å². The lowest BCUT2D eigenvalue weighted by Gasteiger charge is -2.14. The van der Waals surface area contributed by atoms with Gasteiger partial charge in [-0.05, 0) is 56.0 Å². The number of aryl methyl sites for hydroxylation is 1. The highest BCUT2D eigenvalue weighted by Crippen LogP contribution is 2.11. The summed E-state index contributed by atoms with van der Waals surface area (Å²) in [6.45, 7) is 4.07. The molecule has 2 amide bonds. The molecule has 0 fully saturated rings. The number of hydrogen-bond donors (Lipinski definition) is 2. The van der Waals surface area contributed by atoms with Gasteiger partial charge in [-0.25, -0.2) is 0 Å². The van der Waals surface area contributed by atoms with Gasteiger partial charge < -0.3 is 10.6 Å². The maximum absolute atomic E-state index is 12.3. The molecule has 2 aromatic carbocycles. The van der Waals surface area contributed by atoms with Crippen molar-refractivity contribution in [3.8, 4) is 0 Å². The first-order valence-corrected chi connectivity index (χ1v) is 9.33. The lowest BCUT2D eigenvalue weighted by molar-refractivity contribution is -0.116. The lowest BCUT2D eigenvalue weighted by atomic mass is 10.1. The quantitative estimate of drug-likeness (QED) is 0.695. The van der Waals surface area contributed by atoms with E-state index in [4.69, 9.17) is 0 Å². The van der Waals surface area contributed by atoms with Crippen LogP contribution >= 0.6 is 0 Å². The molecule has 0 spiro atoms. The Bertz CT molecular complexity index is 696. The van der Waals surface area contributed by atoms with Crippen molar-refractivity contribution in [1.82, 2.24) is 5.32 Å². The molecule has 0 bridgehead atoms. The molecular formula is C22H28N2O2. The molecule has 0 saturated carbocycles. The SMILES string of the molecule is CCCCC(=O)Nc1ccc(C(=O)NC(C)CCc2ccccc2)cc1. The second kappa shape index (κ2) is 10.4. The van der Waals surface area contributed by atoms with Crippen LogP contribution in [0.25, 0.3) is 0 Å². The molecule has 0 aliphatic heterocycles. The van der Waals surface area contributed by atoms with Crippen molar-refractivity contribution >= 4 is 17.5 Å². The van der Waals surface area contributed by atoms with Gasteiger partial charge in [0.2, 0.25) is 5.91 Å². The number of carbonyl (C=O) groups is 2. The minimum absolute atomic E-state index is 0.0126. The minimum atomic E-state index is -0.0885. The Kier molecular flexibility index (Phi) is 7.87. The Morgan fingerprint density at radius 2 is 1.69 bits per heavy atom. The average molecular weight is 352 g/mol. The normalized spacial score (nSPS) is 11.6. The molecule has 26 heavy (non-hydrogen) atoms. The van der Waals surface area contributed by atoms with Crippen molar-refractivity contribution < 1.29 is 9.59 Å². The van der Waals surface area contributed by atoms with E-state index in [0.29, 0.717) is 12.0 Å². The number of unbranched alkanes of at least 4 members (excludes halogenated alkanes) is 1. The maximum Gasteiger partial charge on any atom is 0.251 e. The Morgan fingerprint density at radius 3 is 2.35 bits per heavy atom. The summed E-state index contributed by atoms with van der Waals surface area (Å²) in [6.07, 6.45) is 4.23. The predicted octanol–water partition coefficient (Wildman–Crippen LogP) is 4.57. The van der Waals surface area contributed by atoms with Crippen LogP contribution in [0.5, 0.6) is 0 Å². The highest BCUT2D eigenvalue weighted by Gasteiger charge is 2.10. The van der Waals surface area contributed by atoms with Crippen LogP contribution in [0.3, 0.4) is 0 Å². The number of nitrogens with one attached hydrogen (secondary N) is 2. The second-order valence-electron chi connectivity index (χ2n) is 6.63.